The van der Waals surface area contributed by atoms with Crippen LogP contribution in [0.1, 0.15) is 46.0 Å². The van der Waals surface area contributed by atoms with E-state index in [1.165, 1.54) is 12.8 Å². The summed E-state index contributed by atoms with van der Waals surface area (Å²) < 4.78 is 0. The fourth-order valence-corrected chi connectivity index (χ4v) is 2.06. The Balaban J connectivity index is 2.18. The third-order valence-electron chi connectivity index (χ3n) is 2.91. The summed E-state index contributed by atoms with van der Waals surface area (Å²) in [5.74, 6) is 0.192. The molecule has 0 unspecified atom stereocenters. The van der Waals surface area contributed by atoms with Gasteiger partial charge in [0, 0.05) is 18.5 Å². The van der Waals surface area contributed by atoms with Crippen molar-refractivity contribution < 1.29 is 4.79 Å². The minimum atomic E-state index is 0.192. The molecule has 82 valence electrons. The maximum absolute atomic E-state index is 11.2. The number of rotatable bonds is 4. The van der Waals surface area contributed by atoms with Gasteiger partial charge in [-0.15, -0.1) is 0 Å². The molecular weight excluding hydrogens is 176 g/mol. The Morgan fingerprint density at radius 1 is 1.14 bits per heavy atom. The van der Waals surface area contributed by atoms with Crippen molar-refractivity contribution in [1.29, 1.82) is 0 Å². The summed E-state index contributed by atoms with van der Waals surface area (Å²) in [6.07, 6.45) is 5.25. The van der Waals surface area contributed by atoms with E-state index in [-0.39, 0.29) is 5.91 Å². The van der Waals surface area contributed by atoms with Gasteiger partial charge in [-0.3, -0.25) is 4.79 Å². The molecule has 2 N–H and O–H groups in total. The molecule has 1 aliphatic carbocycles. The Labute approximate surface area is 86.6 Å². The first-order valence-electron chi connectivity index (χ1n) is 5.79. The van der Waals surface area contributed by atoms with E-state index in [0.29, 0.717) is 18.5 Å². The lowest BCUT2D eigenvalue weighted by atomic mass is 9.91. The molecule has 1 aliphatic rings. The lowest BCUT2D eigenvalue weighted by Gasteiger charge is -2.29. The fourth-order valence-electron chi connectivity index (χ4n) is 2.06. The second-order valence-corrected chi connectivity index (χ2v) is 4.03. The second-order valence-electron chi connectivity index (χ2n) is 4.03. The molecule has 0 saturated heterocycles. The van der Waals surface area contributed by atoms with E-state index in [2.05, 4.69) is 17.6 Å². The smallest absolute Gasteiger partial charge is 0.219 e. The minimum absolute atomic E-state index is 0.192. The number of nitrogens with one attached hydrogen (secondary N) is 2. The van der Waals surface area contributed by atoms with Crippen molar-refractivity contribution in [1.82, 2.24) is 10.6 Å². The van der Waals surface area contributed by atoms with E-state index in [1.54, 1.807) is 0 Å². The second kappa shape index (κ2) is 6.02. The maximum Gasteiger partial charge on any atom is 0.219 e. The van der Waals surface area contributed by atoms with E-state index in [9.17, 15) is 4.79 Å². The van der Waals surface area contributed by atoms with Gasteiger partial charge in [0.05, 0.1) is 0 Å². The molecule has 0 aromatic rings. The first-order valence-corrected chi connectivity index (χ1v) is 5.79. The highest BCUT2D eigenvalue weighted by Gasteiger charge is 2.20. The van der Waals surface area contributed by atoms with Gasteiger partial charge in [-0.25, -0.2) is 0 Å². The summed E-state index contributed by atoms with van der Waals surface area (Å²) in [6, 6.07) is 1.10. The average Bonchev–Trinajstić information content (AvgIpc) is 2.21. The monoisotopic (exact) mass is 198 g/mol. The first-order chi connectivity index (χ1) is 6.76. The molecule has 3 heteroatoms. The van der Waals surface area contributed by atoms with Gasteiger partial charge in [0.2, 0.25) is 5.91 Å². The molecule has 1 rings (SSSR count). The topological polar surface area (TPSA) is 41.1 Å². The van der Waals surface area contributed by atoms with Crippen LogP contribution >= 0.6 is 0 Å². The van der Waals surface area contributed by atoms with Crippen LogP contribution in [0.4, 0.5) is 0 Å². The molecule has 0 aromatic heterocycles. The average molecular weight is 198 g/mol. The summed E-state index contributed by atoms with van der Waals surface area (Å²) in [5.41, 5.74) is 0. The van der Waals surface area contributed by atoms with Gasteiger partial charge in [-0.1, -0.05) is 13.8 Å². The number of carbonyl (C=O) groups excluding carboxylic acids is 1. The highest BCUT2D eigenvalue weighted by Crippen LogP contribution is 2.18. The van der Waals surface area contributed by atoms with Crippen LogP contribution in [0.5, 0.6) is 0 Å². The van der Waals surface area contributed by atoms with Gasteiger partial charge in [0.15, 0.2) is 0 Å². The molecular formula is C11H22N2O. The van der Waals surface area contributed by atoms with E-state index < -0.39 is 0 Å². The fraction of sp³-hybridized carbons (Fsp3) is 0.909. The Morgan fingerprint density at radius 3 is 2.21 bits per heavy atom. The van der Waals surface area contributed by atoms with Gasteiger partial charge in [0.1, 0.15) is 0 Å². The van der Waals surface area contributed by atoms with E-state index >= 15 is 0 Å². The molecule has 1 fully saturated rings. The van der Waals surface area contributed by atoms with Crippen LogP contribution in [0.2, 0.25) is 0 Å². The van der Waals surface area contributed by atoms with Gasteiger partial charge in [0.25, 0.3) is 0 Å². The summed E-state index contributed by atoms with van der Waals surface area (Å²) in [5, 5.41) is 6.52. The number of amides is 1. The van der Waals surface area contributed by atoms with Crippen LogP contribution in [0.25, 0.3) is 0 Å². The quantitative estimate of drug-likeness (QED) is 0.717. The lowest BCUT2D eigenvalue weighted by molar-refractivity contribution is -0.121. The zero-order valence-electron chi connectivity index (χ0n) is 9.31. The number of hydrogen-bond acceptors (Lipinski definition) is 2. The third kappa shape index (κ3) is 3.66. The van der Waals surface area contributed by atoms with Crippen molar-refractivity contribution in [2.75, 3.05) is 6.54 Å². The predicted molar refractivity (Wildman–Crippen MR) is 58.2 cm³/mol. The molecule has 1 saturated carbocycles. The summed E-state index contributed by atoms with van der Waals surface area (Å²) in [4.78, 5) is 11.2. The van der Waals surface area contributed by atoms with Crippen LogP contribution in [-0.4, -0.2) is 24.5 Å². The normalized spacial score (nSPS) is 27.3. The van der Waals surface area contributed by atoms with Gasteiger partial charge >= 0.3 is 0 Å². The van der Waals surface area contributed by atoms with Crippen LogP contribution in [0.15, 0.2) is 0 Å². The molecule has 0 heterocycles. The number of hydrogen-bond donors (Lipinski definition) is 2. The zero-order chi connectivity index (χ0) is 10.4. The van der Waals surface area contributed by atoms with Crippen LogP contribution in [-0.2, 0) is 4.79 Å². The molecule has 0 atom stereocenters. The number of carbonyl (C=O) groups is 1. The molecule has 0 bridgehead atoms. The minimum Gasteiger partial charge on any atom is -0.353 e. The predicted octanol–water partition coefficient (Wildman–Crippen LogP) is 1.43. The Kier molecular flexibility index (Phi) is 4.94. The Hall–Kier alpha value is -0.570. The standard InChI is InChI=1S/C11H22N2O/c1-3-11(14)13-10-7-5-9(6-8-10)12-4-2/h9-10,12H,3-8H2,1-2H3,(H,13,14). The van der Waals surface area contributed by atoms with Gasteiger partial charge in [-0.2, -0.15) is 0 Å². The molecule has 1 amide bonds. The molecule has 0 spiro atoms. The van der Waals surface area contributed by atoms with E-state index in [4.69, 9.17) is 0 Å². The van der Waals surface area contributed by atoms with Crippen molar-refractivity contribution >= 4 is 5.91 Å². The molecule has 0 aromatic carbocycles. The molecule has 0 radical (unpaired) electrons. The largest absolute Gasteiger partial charge is 0.353 e. The Morgan fingerprint density at radius 2 is 1.71 bits per heavy atom. The van der Waals surface area contributed by atoms with Crippen LogP contribution in [0.3, 0.4) is 0 Å². The zero-order valence-corrected chi connectivity index (χ0v) is 9.31. The van der Waals surface area contributed by atoms with Gasteiger partial charge < -0.3 is 10.6 Å². The van der Waals surface area contributed by atoms with E-state index in [1.807, 2.05) is 6.92 Å². The maximum atomic E-state index is 11.2. The molecule has 14 heavy (non-hydrogen) atoms. The van der Waals surface area contributed by atoms with Crippen molar-refractivity contribution in [2.45, 2.75) is 58.0 Å². The van der Waals surface area contributed by atoms with Crippen molar-refractivity contribution in [3.05, 3.63) is 0 Å². The molecule has 3 nitrogen and oxygen atoms in total. The highest BCUT2D eigenvalue weighted by atomic mass is 16.1. The highest BCUT2D eigenvalue weighted by molar-refractivity contribution is 5.75. The van der Waals surface area contributed by atoms with Crippen LogP contribution < -0.4 is 10.6 Å². The van der Waals surface area contributed by atoms with Crippen molar-refractivity contribution in [3.63, 3.8) is 0 Å². The van der Waals surface area contributed by atoms with Gasteiger partial charge in [-0.05, 0) is 32.2 Å². The Bertz CT molecular complexity index is 174. The van der Waals surface area contributed by atoms with Crippen molar-refractivity contribution in [2.24, 2.45) is 0 Å². The van der Waals surface area contributed by atoms with E-state index in [0.717, 1.165) is 19.4 Å². The summed E-state index contributed by atoms with van der Waals surface area (Å²) in [7, 11) is 0. The van der Waals surface area contributed by atoms with Crippen molar-refractivity contribution in [3.8, 4) is 0 Å². The molecule has 0 aliphatic heterocycles. The first kappa shape index (κ1) is 11.5. The lowest BCUT2D eigenvalue weighted by Crippen LogP contribution is -2.41. The third-order valence-corrected chi connectivity index (χ3v) is 2.91. The van der Waals surface area contributed by atoms with Crippen LogP contribution in [0, 0.1) is 0 Å². The summed E-state index contributed by atoms with van der Waals surface area (Å²) in [6.45, 7) is 5.10. The summed E-state index contributed by atoms with van der Waals surface area (Å²) >= 11 is 0. The SMILES string of the molecule is CCNC1CCC(NC(=O)CC)CC1.